The third kappa shape index (κ3) is 5.03. The van der Waals surface area contributed by atoms with Crippen molar-refractivity contribution in [3.05, 3.63) is 0 Å². The Kier molecular flexibility index (Phi) is 6.57. The Bertz CT molecular complexity index is 242. The minimum atomic E-state index is 0.650. The summed E-state index contributed by atoms with van der Waals surface area (Å²) in [6.45, 7) is 8.31. The average molecular weight is 270 g/mol. The summed E-state index contributed by atoms with van der Waals surface area (Å²) in [4.78, 5) is 2.59. The maximum Gasteiger partial charge on any atom is 0.0700 e. The molecule has 2 heterocycles. The predicted octanol–water partition coefficient (Wildman–Crippen LogP) is 1.51. The zero-order valence-electron chi connectivity index (χ0n) is 12.5. The minimum Gasteiger partial charge on any atom is -0.382 e. The van der Waals surface area contributed by atoms with E-state index >= 15 is 0 Å². The first-order valence-electron chi connectivity index (χ1n) is 7.84. The Hall–Kier alpha value is -0.160. The molecule has 0 bridgehead atoms. The highest BCUT2D eigenvalue weighted by atomic mass is 16.5. The molecule has 2 aliphatic rings. The zero-order chi connectivity index (χ0) is 13.4. The molecule has 112 valence electrons. The fraction of sp³-hybridized carbons (Fsp3) is 1.00. The van der Waals surface area contributed by atoms with Gasteiger partial charge in [0.15, 0.2) is 0 Å². The summed E-state index contributed by atoms with van der Waals surface area (Å²) in [5, 5.41) is 3.50. The van der Waals surface area contributed by atoms with Gasteiger partial charge < -0.3 is 19.7 Å². The van der Waals surface area contributed by atoms with Gasteiger partial charge >= 0.3 is 0 Å². The molecule has 19 heavy (non-hydrogen) atoms. The van der Waals surface area contributed by atoms with Gasteiger partial charge in [-0.25, -0.2) is 0 Å². The fourth-order valence-electron chi connectivity index (χ4n) is 3.43. The molecule has 4 heteroatoms. The maximum absolute atomic E-state index is 5.58. The number of hydrogen-bond donors (Lipinski definition) is 1. The number of piperidine rings is 1. The number of hydrogen-bond acceptors (Lipinski definition) is 4. The van der Waals surface area contributed by atoms with E-state index in [1.54, 1.807) is 7.11 Å². The molecule has 0 aromatic carbocycles. The van der Waals surface area contributed by atoms with Crippen LogP contribution < -0.4 is 5.32 Å². The van der Waals surface area contributed by atoms with E-state index in [2.05, 4.69) is 10.2 Å². The van der Waals surface area contributed by atoms with Crippen molar-refractivity contribution in [1.29, 1.82) is 0 Å². The van der Waals surface area contributed by atoms with Crippen LogP contribution in [0, 0.1) is 5.41 Å². The van der Waals surface area contributed by atoms with Crippen molar-refractivity contribution < 1.29 is 9.47 Å². The number of methoxy groups -OCH3 is 1. The smallest absolute Gasteiger partial charge is 0.0700 e. The van der Waals surface area contributed by atoms with Gasteiger partial charge in [0, 0.05) is 13.7 Å². The van der Waals surface area contributed by atoms with Gasteiger partial charge in [0.25, 0.3) is 0 Å². The van der Waals surface area contributed by atoms with Gasteiger partial charge in [-0.05, 0) is 63.7 Å². The molecule has 2 rings (SSSR count). The third-order valence-electron chi connectivity index (χ3n) is 4.79. The number of likely N-dealkylation sites (tertiary alicyclic amines) is 1. The quantitative estimate of drug-likeness (QED) is 0.742. The summed E-state index contributed by atoms with van der Waals surface area (Å²) in [7, 11) is 1.72. The highest BCUT2D eigenvalue weighted by molar-refractivity contribution is 4.87. The van der Waals surface area contributed by atoms with Crippen LogP contribution in [-0.4, -0.2) is 64.6 Å². The van der Waals surface area contributed by atoms with Crippen molar-refractivity contribution >= 4 is 0 Å². The second-order valence-corrected chi connectivity index (χ2v) is 6.05. The first-order chi connectivity index (χ1) is 9.35. The molecule has 0 saturated carbocycles. The Morgan fingerprint density at radius 1 is 1.00 bits per heavy atom. The lowest BCUT2D eigenvalue weighted by atomic mass is 9.73. The molecule has 2 aliphatic heterocycles. The molecule has 4 nitrogen and oxygen atoms in total. The van der Waals surface area contributed by atoms with E-state index in [0.29, 0.717) is 12.0 Å². The lowest BCUT2D eigenvalue weighted by Crippen LogP contribution is -2.37. The SMILES string of the molecule is COCCOCCN1CCCC2(CCNCC2)CC1. The van der Waals surface area contributed by atoms with Crippen LogP contribution in [0.5, 0.6) is 0 Å². The third-order valence-corrected chi connectivity index (χ3v) is 4.79. The average Bonchev–Trinajstić information content (AvgIpc) is 2.63. The molecular weight excluding hydrogens is 240 g/mol. The Balaban J connectivity index is 1.65. The monoisotopic (exact) mass is 270 g/mol. The zero-order valence-corrected chi connectivity index (χ0v) is 12.5. The van der Waals surface area contributed by atoms with Gasteiger partial charge in [0.2, 0.25) is 0 Å². The molecule has 0 amide bonds. The normalized spacial score (nSPS) is 24.5. The first-order valence-corrected chi connectivity index (χ1v) is 7.84. The molecule has 0 aromatic rings. The van der Waals surface area contributed by atoms with E-state index in [1.165, 1.54) is 58.3 Å². The number of nitrogens with one attached hydrogen (secondary N) is 1. The molecule has 1 spiro atoms. The molecule has 0 atom stereocenters. The van der Waals surface area contributed by atoms with E-state index in [-0.39, 0.29) is 0 Å². The number of nitrogens with zero attached hydrogens (tertiary/aromatic N) is 1. The molecule has 0 aromatic heterocycles. The van der Waals surface area contributed by atoms with Gasteiger partial charge in [-0.2, -0.15) is 0 Å². The van der Waals surface area contributed by atoms with E-state index < -0.39 is 0 Å². The Morgan fingerprint density at radius 2 is 1.84 bits per heavy atom. The molecule has 2 saturated heterocycles. The van der Waals surface area contributed by atoms with Crippen LogP contribution >= 0.6 is 0 Å². The predicted molar refractivity (Wildman–Crippen MR) is 77.5 cm³/mol. The lowest BCUT2D eigenvalue weighted by Gasteiger charge is -2.37. The van der Waals surface area contributed by atoms with Gasteiger partial charge in [-0.1, -0.05) is 0 Å². The van der Waals surface area contributed by atoms with Crippen LogP contribution in [0.25, 0.3) is 0 Å². The van der Waals surface area contributed by atoms with E-state index in [9.17, 15) is 0 Å². The highest BCUT2D eigenvalue weighted by Crippen LogP contribution is 2.39. The summed E-state index contributed by atoms with van der Waals surface area (Å²) in [6.07, 6.45) is 6.93. The lowest BCUT2D eigenvalue weighted by molar-refractivity contribution is 0.0567. The van der Waals surface area contributed by atoms with Crippen LogP contribution in [0.3, 0.4) is 0 Å². The van der Waals surface area contributed by atoms with Crippen LogP contribution in [0.15, 0.2) is 0 Å². The van der Waals surface area contributed by atoms with Crippen molar-refractivity contribution in [3.63, 3.8) is 0 Å². The van der Waals surface area contributed by atoms with Crippen LogP contribution in [-0.2, 0) is 9.47 Å². The van der Waals surface area contributed by atoms with Gasteiger partial charge in [0.05, 0.1) is 19.8 Å². The Labute approximate surface area is 117 Å². The largest absolute Gasteiger partial charge is 0.382 e. The van der Waals surface area contributed by atoms with E-state index in [4.69, 9.17) is 9.47 Å². The molecule has 1 N–H and O–H groups in total. The highest BCUT2D eigenvalue weighted by Gasteiger charge is 2.33. The topological polar surface area (TPSA) is 33.7 Å². The van der Waals surface area contributed by atoms with E-state index in [1.807, 2.05) is 0 Å². The molecule has 2 fully saturated rings. The van der Waals surface area contributed by atoms with Crippen molar-refractivity contribution in [3.8, 4) is 0 Å². The second-order valence-electron chi connectivity index (χ2n) is 6.05. The van der Waals surface area contributed by atoms with Crippen molar-refractivity contribution in [2.45, 2.75) is 32.1 Å². The first kappa shape index (κ1) is 15.2. The molecule has 0 radical (unpaired) electrons. The van der Waals surface area contributed by atoms with Gasteiger partial charge in [-0.15, -0.1) is 0 Å². The molecule has 0 unspecified atom stereocenters. The summed E-state index contributed by atoms with van der Waals surface area (Å²) in [5.41, 5.74) is 0.650. The second kappa shape index (κ2) is 8.20. The number of ether oxygens (including phenoxy) is 2. The van der Waals surface area contributed by atoms with Crippen molar-refractivity contribution in [2.24, 2.45) is 5.41 Å². The van der Waals surface area contributed by atoms with Gasteiger partial charge in [-0.3, -0.25) is 0 Å². The summed E-state index contributed by atoms with van der Waals surface area (Å²) in [6, 6.07) is 0. The summed E-state index contributed by atoms with van der Waals surface area (Å²) in [5.74, 6) is 0. The van der Waals surface area contributed by atoms with Crippen LogP contribution in [0.2, 0.25) is 0 Å². The van der Waals surface area contributed by atoms with Crippen molar-refractivity contribution in [2.75, 3.05) is 59.7 Å². The van der Waals surface area contributed by atoms with Crippen LogP contribution in [0.4, 0.5) is 0 Å². The molecule has 0 aliphatic carbocycles. The maximum atomic E-state index is 5.58. The fourth-order valence-corrected chi connectivity index (χ4v) is 3.43. The van der Waals surface area contributed by atoms with Crippen LogP contribution in [0.1, 0.15) is 32.1 Å². The van der Waals surface area contributed by atoms with Crippen molar-refractivity contribution in [1.82, 2.24) is 10.2 Å². The van der Waals surface area contributed by atoms with Gasteiger partial charge in [0.1, 0.15) is 0 Å². The summed E-state index contributed by atoms with van der Waals surface area (Å²) >= 11 is 0. The molecular formula is C15H30N2O2. The summed E-state index contributed by atoms with van der Waals surface area (Å²) < 4.78 is 10.6. The minimum absolute atomic E-state index is 0.650. The number of rotatable bonds is 6. The Morgan fingerprint density at radius 3 is 2.63 bits per heavy atom. The van der Waals surface area contributed by atoms with E-state index in [0.717, 1.165) is 19.8 Å². The standard InChI is InChI=1S/C15H30N2O2/c1-18-13-14-19-12-11-17-9-2-3-15(6-10-17)4-7-16-8-5-15/h16H,2-14H2,1H3.